The predicted molar refractivity (Wildman–Crippen MR) is 128 cm³/mol. The van der Waals surface area contributed by atoms with Crippen LogP contribution in [0, 0.1) is 0 Å². The molecule has 1 saturated heterocycles. The Morgan fingerprint density at radius 1 is 1.12 bits per heavy atom. The zero-order valence-electron chi connectivity index (χ0n) is 19.4. The average Bonchev–Trinajstić information content (AvgIpc) is 3.49. The minimum atomic E-state index is 0.213. The molecule has 0 aliphatic carbocycles. The van der Waals surface area contributed by atoms with E-state index in [0.29, 0.717) is 6.54 Å². The molecule has 0 bridgehead atoms. The summed E-state index contributed by atoms with van der Waals surface area (Å²) in [5.41, 5.74) is 2.17. The molecule has 1 aliphatic rings. The maximum Gasteiger partial charge on any atom is 0.191 e. The van der Waals surface area contributed by atoms with Crippen LogP contribution in [0.4, 0.5) is 0 Å². The van der Waals surface area contributed by atoms with Crippen LogP contribution in [0.15, 0.2) is 47.8 Å². The number of hydrogen-bond donors (Lipinski definition) is 0. The van der Waals surface area contributed by atoms with E-state index >= 15 is 0 Å². The maximum absolute atomic E-state index is 5.91. The summed E-state index contributed by atoms with van der Waals surface area (Å²) in [7, 11) is 5.39. The molecule has 0 radical (unpaired) electrons. The molecule has 0 amide bonds. The van der Waals surface area contributed by atoms with Gasteiger partial charge in [0.1, 0.15) is 5.82 Å². The highest BCUT2D eigenvalue weighted by Gasteiger charge is 2.22. The van der Waals surface area contributed by atoms with Gasteiger partial charge in [-0.05, 0) is 49.7 Å². The van der Waals surface area contributed by atoms with Gasteiger partial charge >= 0.3 is 0 Å². The molecule has 1 unspecified atom stereocenters. The number of ether oxygens (including phenoxy) is 3. The molecular weight excluding hydrogens is 438 g/mol. The Labute approximate surface area is 199 Å². The number of rotatable bonds is 11. The Morgan fingerprint density at radius 3 is 2.73 bits per heavy atom. The second-order valence-corrected chi connectivity index (χ2v) is 9.06. The normalized spacial score (nSPS) is 15.8. The van der Waals surface area contributed by atoms with Gasteiger partial charge in [-0.1, -0.05) is 23.9 Å². The fourth-order valence-electron chi connectivity index (χ4n) is 3.93. The zero-order valence-corrected chi connectivity index (χ0v) is 20.3. The Balaban J connectivity index is 1.46. The quantitative estimate of drug-likeness (QED) is 0.393. The lowest BCUT2D eigenvalue weighted by molar-refractivity contribution is 0.0934. The van der Waals surface area contributed by atoms with Crippen LogP contribution in [0.25, 0.3) is 0 Å². The van der Waals surface area contributed by atoms with Crippen LogP contribution in [0.5, 0.6) is 11.5 Å². The van der Waals surface area contributed by atoms with Crippen molar-refractivity contribution >= 4 is 11.8 Å². The highest BCUT2D eigenvalue weighted by Crippen LogP contribution is 2.28. The molecule has 3 heterocycles. The van der Waals surface area contributed by atoms with Gasteiger partial charge < -0.3 is 18.8 Å². The van der Waals surface area contributed by atoms with Crippen molar-refractivity contribution in [3.8, 4) is 11.5 Å². The summed E-state index contributed by atoms with van der Waals surface area (Å²) in [5.74, 6) is 3.16. The van der Waals surface area contributed by atoms with E-state index in [2.05, 4.69) is 37.8 Å². The van der Waals surface area contributed by atoms with E-state index in [0.717, 1.165) is 72.0 Å². The molecule has 0 N–H and O–H groups in total. The van der Waals surface area contributed by atoms with Crippen molar-refractivity contribution in [3.63, 3.8) is 0 Å². The lowest BCUT2D eigenvalue weighted by Gasteiger charge is -2.19. The first-order valence-corrected chi connectivity index (χ1v) is 12.1. The Kier molecular flexibility index (Phi) is 8.20. The van der Waals surface area contributed by atoms with Crippen molar-refractivity contribution in [2.24, 2.45) is 0 Å². The smallest absolute Gasteiger partial charge is 0.191 e. The molecule has 1 aromatic carbocycles. The second-order valence-electron chi connectivity index (χ2n) is 8.12. The SMILES string of the molecule is COc1ccc(CN(C)Cc2nnc(SCc3ccccn3)n2CC2CCCO2)cc1OC. The number of benzene rings is 1. The van der Waals surface area contributed by atoms with Crippen molar-refractivity contribution < 1.29 is 14.2 Å². The molecule has 0 saturated carbocycles. The standard InChI is InChI=1S/C24H31N5O3S/c1-28(14-18-9-10-21(30-2)22(13-18)31-3)16-23-26-27-24(29(23)15-20-8-6-12-32-20)33-17-19-7-4-5-11-25-19/h4-5,7,9-11,13,20H,6,8,12,14-17H2,1-3H3. The third kappa shape index (κ3) is 6.25. The van der Waals surface area contributed by atoms with Crippen molar-refractivity contribution in [2.45, 2.75) is 49.5 Å². The van der Waals surface area contributed by atoms with Crippen LogP contribution < -0.4 is 9.47 Å². The fourth-order valence-corrected chi connectivity index (χ4v) is 4.81. The molecule has 4 rings (SSSR count). The maximum atomic E-state index is 5.91. The summed E-state index contributed by atoms with van der Waals surface area (Å²) in [6.07, 6.45) is 4.22. The largest absolute Gasteiger partial charge is 0.493 e. The van der Waals surface area contributed by atoms with E-state index in [-0.39, 0.29) is 6.10 Å². The van der Waals surface area contributed by atoms with Crippen molar-refractivity contribution in [1.29, 1.82) is 0 Å². The van der Waals surface area contributed by atoms with Crippen LogP contribution in [-0.4, -0.2) is 58.6 Å². The Bertz CT molecular complexity index is 1020. The number of nitrogens with zero attached hydrogens (tertiary/aromatic N) is 5. The summed E-state index contributed by atoms with van der Waals surface area (Å²) in [5, 5.41) is 9.96. The first-order chi connectivity index (χ1) is 16.2. The molecular formula is C24H31N5O3S. The lowest BCUT2D eigenvalue weighted by atomic mass is 10.2. The van der Waals surface area contributed by atoms with Gasteiger partial charge in [0.15, 0.2) is 16.7 Å². The van der Waals surface area contributed by atoms with E-state index in [1.165, 1.54) is 0 Å². The molecule has 8 nitrogen and oxygen atoms in total. The van der Waals surface area contributed by atoms with Crippen LogP contribution in [0.3, 0.4) is 0 Å². The van der Waals surface area contributed by atoms with Crippen LogP contribution in [0.2, 0.25) is 0 Å². The minimum Gasteiger partial charge on any atom is -0.493 e. The number of pyridine rings is 1. The van der Waals surface area contributed by atoms with Gasteiger partial charge in [-0.15, -0.1) is 10.2 Å². The average molecular weight is 470 g/mol. The molecule has 2 aromatic heterocycles. The highest BCUT2D eigenvalue weighted by atomic mass is 32.2. The Hall–Kier alpha value is -2.62. The van der Waals surface area contributed by atoms with Gasteiger partial charge in [0, 0.05) is 25.1 Å². The lowest BCUT2D eigenvalue weighted by Crippen LogP contribution is -2.23. The van der Waals surface area contributed by atoms with Gasteiger partial charge in [-0.25, -0.2) is 0 Å². The topological polar surface area (TPSA) is 74.5 Å². The fraction of sp³-hybridized carbons (Fsp3) is 0.458. The third-order valence-corrected chi connectivity index (χ3v) is 6.59. The van der Waals surface area contributed by atoms with Gasteiger partial charge in [-0.2, -0.15) is 0 Å². The third-order valence-electron chi connectivity index (χ3n) is 5.59. The van der Waals surface area contributed by atoms with Gasteiger partial charge in [-0.3, -0.25) is 9.88 Å². The van der Waals surface area contributed by atoms with E-state index in [4.69, 9.17) is 14.2 Å². The van der Waals surface area contributed by atoms with E-state index in [1.54, 1.807) is 26.0 Å². The highest BCUT2D eigenvalue weighted by molar-refractivity contribution is 7.98. The van der Waals surface area contributed by atoms with Gasteiger partial charge in [0.05, 0.1) is 39.1 Å². The molecule has 0 spiro atoms. The van der Waals surface area contributed by atoms with E-state index in [9.17, 15) is 0 Å². The molecule has 3 aromatic rings. The monoisotopic (exact) mass is 469 g/mol. The van der Waals surface area contributed by atoms with Crippen LogP contribution in [0.1, 0.15) is 29.9 Å². The van der Waals surface area contributed by atoms with Crippen molar-refractivity contribution in [3.05, 3.63) is 59.7 Å². The van der Waals surface area contributed by atoms with E-state index in [1.807, 2.05) is 36.5 Å². The number of thioether (sulfide) groups is 1. The molecule has 9 heteroatoms. The first kappa shape index (κ1) is 23.5. The number of methoxy groups -OCH3 is 2. The molecule has 176 valence electrons. The van der Waals surface area contributed by atoms with Crippen molar-refractivity contribution in [1.82, 2.24) is 24.6 Å². The van der Waals surface area contributed by atoms with Crippen LogP contribution in [-0.2, 0) is 30.1 Å². The molecule has 1 atom stereocenters. The predicted octanol–water partition coefficient (Wildman–Crippen LogP) is 3.79. The summed E-state index contributed by atoms with van der Waals surface area (Å²) >= 11 is 1.67. The summed E-state index contributed by atoms with van der Waals surface area (Å²) in [6, 6.07) is 12.0. The summed E-state index contributed by atoms with van der Waals surface area (Å²) in [4.78, 5) is 6.65. The number of aromatic nitrogens is 4. The zero-order chi connectivity index (χ0) is 23.0. The summed E-state index contributed by atoms with van der Waals surface area (Å²) in [6.45, 7) is 3.04. The van der Waals surface area contributed by atoms with Crippen LogP contribution >= 0.6 is 11.8 Å². The second kappa shape index (κ2) is 11.5. The van der Waals surface area contributed by atoms with Gasteiger partial charge in [0.25, 0.3) is 0 Å². The first-order valence-electron chi connectivity index (χ1n) is 11.1. The Morgan fingerprint density at radius 2 is 2.00 bits per heavy atom. The molecule has 33 heavy (non-hydrogen) atoms. The molecule has 1 aliphatic heterocycles. The van der Waals surface area contributed by atoms with E-state index < -0.39 is 0 Å². The van der Waals surface area contributed by atoms with Crippen molar-refractivity contribution in [2.75, 3.05) is 27.9 Å². The van der Waals surface area contributed by atoms with Gasteiger partial charge in [0.2, 0.25) is 0 Å². The molecule has 1 fully saturated rings. The number of hydrogen-bond acceptors (Lipinski definition) is 8. The minimum absolute atomic E-state index is 0.213. The summed E-state index contributed by atoms with van der Waals surface area (Å²) < 4.78 is 18.9.